The van der Waals surface area contributed by atoms with Crippen LogP contribution in [-0.4, -0.2) is 30.3 Å². The van der Waals surface area contributed by atoms with Crippen LogP contribution in [0.2, 0.25) is 0 Å². The van der Waals surface area contributed by atoms with E-state index in [0.717, 1.165) is 31.6 Å². The quantitative estimate of drug-likeness (QED) is 0.481. The number of nitrogens with two attached hydrogens (primary N) is 1. The molecule has 1 fully saturated rings. The second-order valence-corrected chi connectivity index (χ2v) is 4.54. The van der Waals surface area contributed by atoms with Crippen molar-refractivity contribution < 1.29 is 5.11 Å². The van der Waals surface area contributed by atoms with Crippen molar-refractivity contribution in [3.8, 4) is 0 Å². The minimum absolute atomic E-state index is 0.404. The molecule has 0 heterocycles. The minimum Gasteiger partial charge on any atom is -0.388 e. The largest absolute Gasteiger partial charge is 0.388 e. The van der Waals surface area contributed by atoms with E-state index in [2.05, 4.69) is 17.2 Å². The first-order valence-corrected chi connectivity index (χ1v) is 5.78. The van der Waals surface area contributed by atoms with E-state index in [-0.39, 0.29) is 0 Å². The predicted molar refractivity (Wildman–Crippen MR) is 62.7 cm³/mol. The first-order chi connectivity index (χ1) is 7.09. The lowest BCUT2D eigenvalue weighted by molar-refractivity contribution is -0.00512. The molecular formula is C11H23N3O. The van der Waals surface area contributed by atoms with Crippen LogP contribution in [0.4, 0.5) is 0 Å². The summed E-state index contributed by atoms with van der Waals surface area (Å²) in [5, 5.41) is 13.2. The number of hydrogen-bond acceptors (Lipinski definition) is 2. The highest BCUT2D eigenvalue weighted by Crippen LogP contribution is 2.33. The molecule has 0 spiro atoms. The lowest BCUT2D eigenvalue weighted by atomic mass is 9.78. The van der Waals surface area contributed by atoms with E-state index in [4.69, 9.17) is 5.73 Å². The summed E-state index contributed by atoms with van der Waals surface area (Å²) in [6.45, 7) is 2.74. The van der Waals surface area contributed by atoms with Crippen LogP contribution in [0.1, 0.15) is 39.0 Å². The van der Waals surface area contributed by atoms with E-state index < -0.39 is 5.60 Å². The molecule has 0 saturated heterocycles. The van der Waals surface area contributed by atoms with Crippen molar-refractivity contribution in [2.24, 2.45) is 16.6 Å². The van der Waals surface area contributed by atoms with Crippen molar-refractivity contribution in [1.29, 1.82) is 0 Å². The van der Waals surface area contributed by atoms with Gasteiger partial charge in [0.05, 0.1) is 5.60 Å². The third kappa shape index (κ3) is 3.70. The third-order valence-electron chi connectivity index (χ3n) is 3.45. The second-order valence-electron chi connectivity index (χ2n) is 4.54. The smallest absolute Gasteiger partial charge is 0.188 e. The van der Waals surface area contributed by atoms with Crippen LogP contribution >= 0.6 is 0 Å². The van der Waals surface area contributed by atoms with Gasteiger partial charge < -0.3 is 16.2 Å². The topological polar surface area (TPSA) is 70.6 Å². The summed E-state index contributed by atoms with van der Waals surface area (Å²) in [4.78, 5) is 3.81. The molecule has 1 aliphatic rings. The molecule has 1 saturated carbocycles. The highest BCUT2D eigenvalue weighted by Gasteiger charge is 2.32. The zero-order valence-corrected chi connectivity index (χ0v) is 9.79. The van der Waals surface area contributed by atoms with E-state index in [0.29, 0.717) is 12.5 Å². The maximum Gasteiger partial charge on any atom is 0.188 e. The van der Waals surface area contributed by atoms with Gasteiger partial charge in [-0.25, -0.2) is 0 Å². The number of rotatable bonds is 3. The van der Waals surface area contributed by atoms with E-state index in [9.17, 15) is 5.11 Å². The summed E-state index contributed by atoms with van der Waals surface area (Å²) in [5.74, 6) is 1.20. The van der Waals surface area contributed by atoms with Gasteiger partial charge in [-0.15, -0.1) is 0 Å². The van der Waals surface area contributed by atoms with Crippen molar-refractivity contribution in [3.05, 3.63) is 0 Å². The average Bonchev–Trinajstić information content (AvgIpc) is 2.27. The number of hydrogen-bond donors (Lipinski definition) is 3. The zero-order valence-electron chi connectivity index (χ0n) is 9.79. The Morgan fingerprint density at radius 3 is 2.60 bits per heavy atom. The Morgan fingerprint density at radius 2 is 2.13 bits per heavy atom. The number of nitrogens with one attached hydrogen (secondary N) is 1. The standard InChI is InChI=1S/C11H23N3O/c1-3-9-4-6-11(15,7-5-9)8-14-10(12)13-2/h9,15H,3-8H2,1-2H3,(H3,12,13,14). The third-order valence-corrected chi connectivity index (χ3v) is 3.45. The van der Waals surface area contributed by atoms with Gasteiger partial charge in [0, 0.05) is 13.6 Å². The van der Waals surface area contributed by atoms with Gasteiger partial charge in [-0.2, -0.15) is 0 Å². The van der Waals surface area contributed by atoms with Crippen LogP contribution in [0.3, 0.4) is 0 Å². The van der Waals surface area contributed by atoms with Crippen LogP contribution in [0, 0.1) is 5.92 Å². The van der Waals surface area contributed by atoms with Crippen LogP contribution in [0.15, 0.2) is 4.99 Å². The lowest BCUT2D eigenvalue weighted by Gasteiger charge is -2.35. The summed E-state index contributed by atoms with van der Waals surface area (Å²) in [7, 11) is 1.64. The van der Waals surface area contributed by atoms with Gasteiger partial charge in [0.2, 0.25) is 0 Å². The van der Waals surface area contributed by atoms with E-state index in [1.807, 2.05) is 0 Å². The van der Waals surface area contributed by atoms with Gasteiger partial charge in [-0.1, -0.05) is 13.3 Å². The van der Waals surface area contributed by atoms with Crippen LogP contribution in [0.5, 0.6) is 0 Å². The molecule has 1 aliphatic carbocycles. The number of aliphatic imine (C=N–C) groups is 1. The monoisotopic (exact) mass is 213 g/mol. The van der Waals surface area contributed by atoms with Crippen molar-refractivity contribution in [2.45, 2.75) is 44.6 Å². The molecule has 88 valence electrons. The number of nitrogens with zero attached hydrogens (tertiary/aromatic N) is 1. The molecule has 0 atom stereocenters. The molecule has 0 bridgehead atoms. The molecular weight excluding hydrogens is 190 g/mol. The van der Waals surface area contributed by atoms with Gasteiger partial charge >= 0.3 is 0 Å². The number of aliphatic hydroxyl groups is 1. The highest BCUT2D eigenvalue weighted by molar-refractivity contribution is 5.77. The number of guanidine groups is 1. The maximum absolute atomic E-state index is 10.3. The van der Waals surface area contributed by atoms with Gasteiger partial charge in [0.15, 0.2) is 5.96 Å². The summed E-state index contributed by atoms with van der Waals surface area (Å²) in [6.07, 6.45) is 5.21. The molecule has 4 nitrogen and oxygen atoms in total. The van der Waals surface area contributed by atoms with Gasteiger partial charge in [-0.3, -0.25) is 4.99 Å². The van der Waals surface area contributed by atoms with E-state index in [1.165, 1.54) is 6.42 Å². The summed E-state index contributed by atoms with van der Waals surface area (Å²) >= 11 is 0. The normalized spacial score (nSPS) is 32.7. The molecule has 0 radical (unpaired) electrons. The Morgan fingerprint density at radius 1 is 1.53 bits per heavy atom. The summed E-state index contributed by atoms with van der Waals surface area (Å²) < 4.78 is 0. The molecule has 0 aromatic heterocycles. The highest BCUT2D eigenvalue weighted by atomic mass is 16.3. The Bertz CT molecular complexity index is 220. The van der Waals surface area contributed by atoms with Crippen LogP contribution in [-0.2, 0) is 0 Å². The molecule has 0 aromatic rings. The molecule has 4 N–H and O–H groups in total. The fourth-order valence-corrected chi connectivity index (χ4v) is 2.13. The van der Waals surface area contributed by atoms with Gasteiger partial charge in [-0.05, 0) is 31.6 Å². The maximum atomic E-state index is 10.3. The molecule has 0 unspecified atom stereocenters. The van der Waals surface area contributed by atoms with Crippen molar-refractivity contribution >= 4 is 5.96 Å². The Hall–Kier alpha value is -0.770. The molecule has 0 amide bonds. The van der Waals surface area contributed by atoms with Crippen molar-refractivity contribution in [1.82, 2.24) is 5.32 Å². The molecule has 0 aromatic carbocycles. The van der Waals surface area contributed by atoms with E-state index >= 15 is 0 Å². The first kappa shape index (κ1) is 12.3. The molecule has 0 aliphatic heterocycles. The predicted octanol–water partition coefficient (Wildman–Crippen LogP) is 0.852. The first-order valence-electron chi connectivity index (χ1n) is 5.78. The second kappa shape index (κ2) is 5.35. The summed E-state index contributed by atoms with van der Waals surface area (Å²) in [5.41, 5.74) is 4.95. The van der Waals surface area contributed by atoms with Crippen LogP contribution in [0.25, 0.3) is 0 Å². The Balaban J connectivity index is 2.35. The Kier molecular flexibility index (Phi) is 4.39. The SMILES string of the molecule is CCC1CCC(O)(CNC(N)=NC)CC1. The lowest BCUT2D eigenvalue weighted by Crippen LogP contribution is -2.47. The van der Waals surface area contributed by atoms with Gasteiger partial charge in [0.25, 0.3) is 0 Å². The van der Waals surface area contributed by atoms with Gasteiger partial charge in [0.1, 0.15) is 0 Å². The fourth-order valence-electron chi connectivity index (χ4n) is 2.13. The minimum atomic E-state index is -0.582. The molecule has 4 heteroatoms. The fraction of sp³-hybridized carbons (Fsp3) is 0.909. The zero-order chi connectivity index (χ0) is 11.3. The average molecular weight is 213 g/mol. The molecule has 15 heavy (non-hydrogen) atoms. The van der Waals surface area contributed by atoms with Crippen LogP contribution < -0.4 is 11.1 Å². The van der Waals surface area contributed by atoms with E-state index in [1.54, 1.807) is 7.05 Å². The summed E-state index contributed by atoms with van der Waals surface area (Å²) in [6, 6.07) is 0. The molecule has 1 rings (SSSR count). The van der Waals surface area contributed by atoms with Crippen molar-refractivity contribution in [2.75, 3.05) is 13.6 Å². The Labute approximate surface area is 92.0 Å². The van der Waals surface area contributed by atoms with Crippen molar-refractivity contribution in [3.63, 3.8) is 0 Å².